The maximum absolute atomic E-state index is 4.73. The van der Waals surface area contributed by atoms with Crippen molar-refractivity contribution in [2.24, 2.45) is 4.99 Å². The molecule has 1 aromatic heterocycles. The molecule has 24 heavy (non-hydrogen) atoms. The van der Waals surface area contributed by atoms with E-state index >= 15 is 0 Å². The molecule has 0 bridgehead atoms. The largest absolute Gasteiger partial charge is 0.357 e. The average Bonchev–Trinajstić information content (AvgIpc) is 3.17. The Kier molecular flexibility index (Phi) is 11.3. The molecule has 4 nitrogen and oxygen atoms in total. The van der Waals surface area contributed by atoms with Gasteiger partial charge in [-0.2, -0.15) is 11.8 Å². The fourth-order valence-electron chi connectivity index (χ4n) is 2.86. The summed E-state index contributed by atoms with van der Waals surface area (Å²) in [7, 11) is 0. The summed E-state index contributed by atoms with van der Waals surface area (Å²) < 4.78 is 0. The highest BCUT2D eigenvalue weighted by molar-refractivity contribution is 14.0. The van der Waals surface area contributed by atoms with Crippen LogP contribution in [0.25, 0.3) is 0 Å². The molecule has 1 aliphatic carbocycles. The van der Waals surface area contributed by atoms with Crippen LogP contribution in [0.15, 0.2) is 11.2 Å². The molecular weight excluding hydrogens is 451 g/mol. The minimum absolute atomic E-state index is 0. The van der Waals surface area contributed by atoms with Crippen LogP contribution in [0, 0.1) is 0 Å². The molecule has 2 unspecified atom stereocenters. The van der Waals surface area contributed by atoms with E-state index in [1.54, 1.807) is 0 Å². The molecule has 0 aromatic carbocycles. The van der Waals surface area contributed by atoms with Crippen molar-refractivity contribution in [1.29, 1.82) is 0 Å². The molecule has 7 heteroatoms. The van der Waals surface area contributed by atoms with Crippen molar-refractivity contribution in [1.82, 2.24) is 15.6 Å². The van der Waals surface area contributed by atoms with Gasteiger partial charge in [-0.15, -0.1) is 35.3 Å². The Balaban J connectivity index is 0.00000288. The fourth-order valence-corrected chi connectivity index (χ4v) is 4.86. The Morgan fingerprint density at radius 2 is 2.21 bits per heavy atom. The van der Waals surface area contributed by atoms with Gasteiger partial charge in [0.1, 0.15) is 0 Å². The lowest BCUT2D eigenvalue weighted by molar-refractivity contribution is 0.615. The normalized spacial score (nSPS) is 20.7. The van der Waals surface area contributed by atoms with Gasteiger partial charge in [0, 0.05) is 41.9 Å². The quantitative estimate of drug-likeness (QED) is 0.333. The number of thiazole rings is 1. The number of aliphatic imine (C=N–C) groups is 1. The van der Waals surface area contributed by atoms with E-state index in [0.29, 0.717) is 6.04 Å². The van der Waals surface area contributed by atoms with E-state index in [9.17, 15) is 0 Å². The van der Waals surface area contributed by atoms with Crippen LogP contribution >= 0.6 is 47.1 Å². The summed E-state index contributed by atoms with van der Waals surface area (Å²) in [6, 6.07) is 0.573. The van der Waals surface area contributed by atoms with E-state index in [2.05, 4.69) is 48.2 Å². The number of hydrogen-bond acceptors (Lipinski definition) is 4. The zero-order valence-corrected chi connectivity index (χ0v) is 19.0. The Hall–Kier alpha value is -0.0200. The summed E-state index contributed by atoms with van der Waals surface area (Å²) in [5.41, 5.74) is 0. The topological polar surface area (TPSA) is 49.3 Å². The number of thioether (sulfide) groups is 1. The first-order chi connectivity index (χ1) is 11.2. The highest BCUT2D eigenvalue weighted by Crippen LogP contribution is 2.29. The molecule has 1 aliphatic rings. The highest BCUT2D eigenvalue weighted by atomic mass is 127. The highest BCUT2D eigenvalue weighted by Gasteiger charge is 2.25. The van der Waals surface area contributed by atoms with Crippen LogP contribution in [0.2, 0.25) is 0 Å². The number of aromatic nitrogens is 1. The summed E-state index contributed by atoms with van der Waals surface area (Å²) in [5, 5.41) is 9.01. The standard InChI is InChI=1S/C17H30N4S2.HI/c1-4-14-12-20-16(23-14)9-10-19-17(18-5-2)21-13-7-8-15(11-13)22-6-3;/h12-13,15H,4-11H2,1-3H3,(H2,18,19,21);1H. The van der Waals surface area contributed by atoms with Crippen LogP contribution in [-0.2, 0) is 12.8 Å². The van der Waals surface area contributed by atoms with Crippen molar-refractivity contribution in [3.8, 4) is 0 Å². The third kappa shape index (κ3) is 7.47. The van der Waals surface area contributed by atoms with Crippen LogP contribution in [0.1, 0.15) is 49.9 Å². The van der Waals surface area contributed by atoms with Crippen LogP contribution in [0.5, 0.6) is 0 Å². The second kappa shape index (κ2) is 12.4. The lowest BCUT2D eigenvalue weighted by atomic mass is 10.2. The van der Waals surface area contributed by atoms with Crippen LogP contribution in [-0.4, -0.2) is 41.1 Å². The van der Waals surface area contributed by atoms with Gasteiger partial charge in [0.15, 0.2) is 5.96 Å². The van der Waals surface area contributed by atoms with Crippen molar-refractivity contribution < 1.29 is 0 Å². The first-order valence-corrected chi connectivity index (χ1v) is 10.7. The van der Waals surface area contributed by atoms with E-state index in [-0.39, 0.29) is 24.0 Å². The second-order valence-corrected chi connectivity index (χ2v) is 8.59. The minimum Gasteiger partial charge on any atom is -0.357 e. The van der Waals surface area contributed by atoms with Gasteiger partial charge in [-0.3, -0.25) is 4.99 Å². The Bertz CT molecular complexity index is 493. The van der Waals surface area contributed by atoms with Gasteiger partial charge in [0.05, 0.1) is 5.01 Å². The smallest absolute Gasteiger partial charge is 0.191 e. The summed E-state index contributed by atoms with van der Waals surface area (Å²) in [6.45, 7) is 8.25. The Labute approximate surface area is 172 Å². The third-order valence-electron chi connectivity index (χ3n) is 4.02. The number of hydrogen-bond donors (Lipinski definition) is 2. The first-order valence-electron chi connectivity index (χ1n) is 8.85. The first kappa shape index (κ1) is 22.0. The molecule has 2 rings (SSSR count). The lowest BCUT2D eigenvalue weighted by Crippen LogP contribution is -2.42. The molecule has 1 fully saturated rings. The van der Waals surface area contributed by atoms with Gasteiger partial charge >= 0.3 is 0 Å². The maximum Gasteiger partial charge on any atom is 0.191 e. The second-order valence-electron chi connectivity index (χ2n) is 5.82. The average molecular weight is 483 g/mol. The third-order valence-corrected chi connectivity index (χ3v) is 6.45. The van der Waals surface area contributed by atoms with Crippen molar-refractivity contribution >= 4 is 53.0 Å². The molecule has 0 aliphatic heterocycles. The zero-order chi connectivity index (χ0) is 16.5. The summed E-state index contributed by atoms with van der Waals surface area (Å²) in [6.07, 6.45) is 7.85. The van der Waals surface area contributed by atoms with Crippen LogP contribution in [0.4, 0.5) is 0 Å². The molecular formula is C17H31IN4S2. The summed E-state index contributed by atoms with van der Waals surface area (Å²) in [4.78, 5) is 10.6. The molecule has 2 atom stereocenters. The number of rotatable bonds is 8. The predicted octanol–water partition coefficient (Wildman–Crippen LogP) is 4.10. The molecule has 1 saturated carbocycles. The van der Waals surface area contributed by atoms with E-state index < -0.39 is 0 Å². The molecule has 0 radical (unpaired) electrons. The van der Waals surface area contributed by atoms with E-state index in [1.165, 1.54) is 34.9 Å². The fraction of sp³-hybridized carbons (Fsp3) is 0.765. The minimum atomic E-state index is 0. The maximum atomic E-state index is 4.73. The lowest BCUT2D eigenvalue weighted by Gasteiger charge is -2.17. The molecule has 1 aromatic rings. The van der Waals surface area contributed by atoms with Gasteiger partial charge in [0.2, 0.25) is 0 Å². The monoisotopic (exact) mass is 482 g/mol. The Morgan fingerprint density at radius 1 is 1.38 bits per heavy atom. The van der Waals surface area contributed by atoms with Crippen LogP contribution < -0.4 is 10.6 Å². The summed E-state index contributed by atoms with van der Waals surface area (Å²) >= 11 is 3.91. The van der Waals surface area contributed by atoms with Gasteiger partial charge in [0.25, 0.3) is 0 Å². The van der Waals surface area contributed by atoms with Gasteiger partial charge in [-0.05, 0) is 38.4 Å². The van der Waals surface area contributed by atoms with Gasteiger partial charge in [-0.1, -0.05) is 13.8 Å². The van der Waals surface area contributed by atoms with Crippen molar-refractivity contribution in [3.63, 3.8) is 0 Å². The van der Waals surface area contributed by atoms with E-state index in [1.807, 2.05) is 17.5 Å². The van der Waals surface area contributed by atoms with Gasteiger partial charge in [-0.25, -0.2) is 4.98 Å². The van der Waals surface area contributed by atoms with Crippen molar-refractivity contribution in [2.75, 3.05) is 18.8 Å². The predicted molar refractivity (Wildman–Crippen MR) is 119 cm³/mol. The van der Waals surface area contributed by atoms with E-state index in [4.69, 9.17) is 4.99 Å². The molecule has 2 N–H and O–H groups in total. The van der Waals surface area contributed by atoms with Gasteiger partial charge < -0.3 is 10.6 Å². The number of nitrogens with one attached hydrogen (secondary N) is 2. The molecule has 0 saturated heterocycles. The zero-order valence-electron chi connectivity index (χ0n) is 15.0. The number of aryl methyl sites for hydroxylation is 1. The Morgan fingerprint density at radius 3 is 2.88 bits per heavy atom. The SMILES string of the molecule is CCNC(=NCCc1ncc(CC)s1)NC1CCC(SCC)C1.I. The summed E-state index contributed by atoms with van der Waals surface area (Å²) in [5.74, 6) is 2.19. The van der Waals surface area contributed by atoms with Crippen molar-refractivity contribution in [3.05, 3.63) is 16.1 Å². The molecule has 1 heterocycles. The number of halogens is 1. The van der Waals surface area contributed by atoms with Crippen LogP contribution in [0.3, 0.4) is 0 Å². The van der Waals surface area contributed by atoms with E-state index in [0.717, 1.165) is 37.1 Å². The molecule has 0 amide bonds. The molecule has 138 valence electrons. The number of nitrogens with zero attached hydrogens (tertiary/aromatic N) is 2. The number of guanidine groups is 1. The molecule has 0 spiro atoms. The van der Waals surface area contributed by atoms with Crippen molar-refractivity contribution in [2.45, 2.75) is 64.2 Å².